The van der Waals surface area contributed by atoms with Gasteiger partial charge in [-0.15, -0.1) is 0 Å². The van der Waals surface area contributed by atoms with Crippen LogP contribution in [0.1, 0.15) is 60.6 Å². The van der Waals surface area contributed by atoms with Gasteiger partial charge < -0.3 is 25.4 Å². The van der Waals surface area contributed by atoms with Crippen molar-refractivity contribution in [3.63, 3.8) is 0 Å². The molecule has 4 fully saturated rings. The van der Waals surface area contributed by atoms with Crippen molar-refractivity contribution in [1.29, 1.82) is 0 Å². The van der Waals surface area contributed by atoms with E-state index in [1.165, 1.54) is 0 Å². The van der Waals surface area contributed by atoms with E-state index in [1.54, 1.807) is 13.0 Å². The second kappa shape index (κ2) is 9.68. The highest BCUT2D eigenvalue weighted by Gasteiger charge is 2.49. The van der Waals surface area contributed by atoms with Crippen LogP contribution >= 0.6 is 11.6 Å². The van der Waals surface area contributed by atoms with Gasteiger partial charge in [0.25, 0.3) is 0 Å². The Morgan fingerprint density at radius 1 is 1.26 bits per heavy atom. The lowest BCUT2D eigenvalue weighted by atomic mass is 9.95. The molecule has 0 radical (unpaired) electrons. The lowest BCUT2D eigenvalue weighted by molar-refractivity contribution is 0.0233. The van der Waals surface area contributed by atoms with Gasteiger partial charge in [0.15, 0.2) is 5.82 Å². The Hall–Kier alpha value is -2.27. The number of hydrogen-bond donors (Lipinski definition) is 2. The molecule has 39 heavy (non-hydrogen) atoms. The molecule has 11 heteroatoms. The number of nitrogens with zero attached hydrogens (tertiary/aromatic N) is 4. The highest BCUT2D eigenvalue weighted by molar-refractivity contribution is 6.32. The normalized spacial score (nSPS) is 31.9. The Labute approximate surface area is 232 Å². The standard InChI is InChI=1S/C28H35ClF2N6O2/c1-15-7-20(32)25(31)23(24(15)29)22-8-21-19(13-38-22)26(36-11-17-3-4-18(12-36)33-17)35-27(34-21)39-14-28-5-2-6-37(28)10-16(30)9-28/h7,16-18,22,33H,2-6,8-14,32H2,1H3/t16-,17?,18?,22+,28+/m1/s1. The number of piperazine rings is 1. The first-order chi connectivity index (χ1) is 18.8. The summed E-state index contributed by atoms with van der Waals surface area (Å²) in [6.07, 6.45) is 3.59. The molecule has 2 aromatic rings. The predicted octanol–water partition coefficient (Wildman–Crippen LogP) is 3.87. The smallest absolute Gasteiger partial charge is 0.318 e. The maximum atomic E-state index is 15.2. The molecule has 5 aliphatic rings. The first-order valence-electron chi connectivity index (χ1n) is 14.1. The number of aryl methyl sites for hydroxylation is 1. The van der Waals surface area contributed by atoms with Gasteiger partial charge in [-0.1, -0.05) is 11.6 Å². The molecule has 5 aliphatic heterocycles. The highest BCUT2D eigenvalue weighted by Crippen LogP contribution is 2.43. The second-order valence-corrected chi connectivity index (χ2v) is 12.4. The number of nitrogen functional groups attached to an aromatic ring is 1. The van der Waals surface area contributed by atoms with Crippen LogP contribution in [0.4, 0.5) is 20.3 Å². The van der Waals surface area contributed by atoms with Gasteiger partial charge in [-0.2, -0.15) is 9.97 Å². The van der Waals surface area contributed by atoms with Crippen molar-refractivity contribution in [2.75, 3.05) is 43.4 Å². The van der Waals surface area contributed by atoms with Crippen LogP contribution in [-0.2, 0) is 17.8 Å². The molecule has 5 atom stereocenters. The molecule has 4 saturated heterocycles. The van der Waals surface area contributed by atoms with Crippen LogP contribution < -0.4 is 20.7 Å². The Bertz CT molecular complexity index is 1260. The number of rotatable bonds is 5. The Morgan fingerprint density at radius 2 is 2.05 bits per heavy atom. The van der Waals surface area contributed by atoms with Crippen molar-refractivity contribution in [2.45, 2.75) is 82.0 Å². The van der Waals surface area contributed by atoms with Gasteiger partial charge in [-0.25, -0.2) is 8.78 Å². The van der Waals surface area contributed by atoms with E-state index in [9.17, 15) is 4.39 Å². The van der Waals surface area contributed by atoms with Gasteiger partial charge in [-0.3, -0.25) is 4.90 Å². The zero-order chi connectivity index (χ0) is 26.9. The van der Waals surface area contributed by atoms with Gasteiger partial charge >= 0.3 is 6.01 Å². The summed E-state index contributed by atoms with van der Waals surface area (Å²) in [6, 6.07) is 2.67. The molecular weight excluding hydrogens is 526 g/mol. The third-order valence-electron chi connectivity index (χ3n) is 9.37. The predicted molar refractivity (Wildman–Crippen MR) is 145 cm³/mol. The summed E-state index contributed by atoms with van der Waals surface area (Å²) >= 11 is 6.56. The van der Waals surface area contributed by atoms with E-state index < -0.39 is 18.1 Å². The van der Waals surface area contributed by atoms with Crippen LogP contribution in [0.25, 0.3) is 0 Å². The topological polar surface area (TPSA) is 88.8 Å². The summed E-state index contributed by atoms with van der Waals surface area (Å²) in [4.78, 5) is 14.3. The number of fused-ring (bicyclic) bond motifs is 4. The number of hydrogen-bond acceptors (Lipinski definition) is 8. The van der Waals surface area contributed by atoms with E-state index in [0.717, 1.165) is 62.4 Å². The molecule has 3 N–H and O–H groups in total. The van der Waals surface area contributed by atoms with Crippen LogP contribution in [0, 0.1) is 12.7 Å². The molecule has 7 rings (SSSR count). The Kier molecular flexibility index (Phi) is 6.37. The van der Waals surface area contributed by atoms with Crippen molar-refractivity contribution in [3.8, 4) is 6.01 Å². The molecule has 8 nitrogen and oxygen atoms in total. The SMILES string of the molecule is Cc1cc(N)c(F)c([C@@H]2Cc3nc(OC[C@@]45CCCN4C[C@H](F)C5)nc(N4CC5CCC(C4)N5)c3CO2)c1Cl. The fourth-order valence-electron chi connectivity index (χ4n) is 7.47. The largest absolute Gasteiger partial charge is 0.461 e. The molecule has 0 aliphatic carbocycles. The molecule has 2 unspecified atom stereocenters. The van der Waals surface area contributed by atoms with E-state index in [-0.39, 0.29) is 29.4 Å². The monoisotopic (exact) mass is 560 g/mol. The van der Waals surface area contributed by atoms with Crippen LogP contribution in [-0.4, -0.2) is 71.4 Å². The molecule has 6 heterocycles. The molecule has 0 spiro atoms. The summed E-state index contributed by atoms with van der Waals surface area (Å²) < 4.78 is 42.1. The average Bonchev–Trinajstić information content (AvgIpc) is 3.56. The minimum atomic E-state index is -0.829. The third kappa shape index (κ3) is 4.44. The fraction of sp³-hybridized carbons (Fsp3) is 0.643. The van der Waals surface area contributed by atoms with Crippen molar-refractivity contribution in [1.82, 2.24) is 20.2 Å². The number of halogens is 3. The Balaban J connectivity index is 1.23. The molecule has 210 valence electrons. The quantitative estimate of drug-likeness (QED) is 0.533. The van der Waals surface area contributed by atoms with Crippen LogP contribution in [0.3, 0.4) is 0 Å². The van der Waals surface area contributed by atoms with Gasteiger partial charge in [0, 0.05) is 55.7 Å². The zero-order valence-corrected chi connectivity index (χ0v) is 22.9. The molecular formula is C28H35ClF2N6O2. The average molecular weight is 561 g/mol. The van der Waals surface area contributed by atoms with Crippen LogP contribution in [0.5, 0.6) is 6.01 Å². The van der Waals surface area contributed by atoms with Gasteiger partial charge in [0.2, 0.25) is 0 Å². The third-order valence-corrected chi connectivity index (χ3v) is 9.87. The zero-order valence-electron chi connectivity index (χ0n) is 22.2. The molecule has 2 bridgehead atoms. The van der Waals surface area contributed by atoms with E-state index in [4.69, 9.17) is 36.8 Å². The van der Waals surface area contributed by atoms with E-state index in [2.05, 4.69) is 15.1 Å². The van der Waals surface area contributed by atoms with Crippen molar-refractivity contribution in [3.05, 3.63) is 39.3 Å². The molecule has 0 amide bonds. The maximum Gasteiger partial charge on any atom is 0.318 e. The van der Waals surface area contributed by atoms with E-state index in [1.807, 2.05) is 0 Å². The first kappa shape index (κ1) is 25.7. The minimum Gasteiger partial charge on any atom is -0.461 e. The summed E-state index contributed by atoms with van der Waals surface area (Å²) in [6.45, 7) is 5.45. The van der Waals surface area contributed by atoms with Crippen molar-refractivity contribution < 1.29 is 18.3 Å². The number of aromatic nitrogens is 2. The lowest BCUT2D eigenvalue weighted by Gasteiger charge is -2.37. The molecule has 0 saturated carbocycles. The van der Waals surface area contributed by atoms with Gasteiger partial charge in [0.05, 0.1) is 34.7 Å². The van der Waals surface area contributed by atoms with E-state index >= 15 is 4.39 Å². The first-order valence-corrected chi connectivity index (χ1v) is 14.5. The van der Waals surface area contributed by atoms with E-state index in [0.29, 0.717) is 48.7 Å². The fourth-order valence-corrected chi connectivity index (χ4v) is 7.73. The number of benzene rings is 1. The highest BCUT2D eigenvalue weighted by atomic mass is 35.5. The Morgan fingerprint density at radius 3 is 2.85 bits per heavy atom. The summed E-state index contributed by atoms with van der Waals surface area (Å²) in [5.41, 5.74) is 8.33. The number of nitrogens with two attached hydrogens (primary N) is 1. The van der Waals surface area contributed by atoms with Crippen LogP contribution in [0.2, 0.25) is 5.02 Å². The lowest BCUT2D eigenvalue weighted by Crippen LogP contribution is -2.52. The number of anilines is 2. The second-order valence-electron chi connectivity index (χ2n) is 12.0. The van der Waals surface area contributed by atoms with Gasteiger partial charge in [-0.05, 0) is 50.8 Å². The van der Waals surface area contributed by atoms with Crippen LogP contribution in [0.15, 0.2) is 6.07 Å². The number of ether oxygens (including phenoxy) is 2. The molecule has 1 aromatic heterocycles. The maximum absolute atomic E-state index is 15.2. The summed E-state index contributed by atoms with van der Waals surface area (Å²) in [7, 11) is 0. The molecule has 1 aromatic carbocycles. The number of alkyl halides is 1. The van der Waals surface area contributed by atoms with Crippen molar-refractivity contribution >= 4 is 23.1 Å². The van der Waals surface area contributed by atoms with Gasteiger partial charge in [0.1, 0.15) is 18.6 Å². The minimum absolute atomic E-state index is 0.0492. The summed E-state index contributed by atoms with van der Waals surface area (Å²) in [5, 5.41) is 3.99. The van der Waals surface area contributed by atoms with Crippen molar-refractivity contribution in [2.24, 2.45) is 0 Å². The summed E-state index contributed by atoms with van der Waals surface area (Å²) in [5.74, 6) is 0.267. The number of nitrogens with one attached hydrogen (secondary N) is 1.